The van der Waals surface area contributed by atoms with E-state index in [9.17, 15) is 8.42 Å². The highest BCUT2D eigenvalue weighted by molar-refractivity contribution is 7.87. The fourth-order valence-electron chi connectivity index (χ4n) is 1.54. The summed E-state index contributed by atoms with van der Waals surface area (Å²) in [6, 6.07) is 0.153. The molecule has 1 aliphatic rings. The molecule has 0 amide bonds. The van der Waals surface area contributed by atoms with Gasteiger partial charge in [-0.15, -0.1) is 0 Å². The van der Waals surface area contributed by atoms with Gasteiger partial charge in [0.2, 0.25) is 0 Å². The zero-order chi connectivity index (χ0) is 11.5. The Morgan fingerprint density at radius 3 is 2.67 bits per heavy atom. The largest absolute Gasteiger partial charge is 0.316 e. The Hall–Kier alpha value is -0.170. The van der Waals surface area contributed by atoms with E-state index >= 15 is 0 Å². The van der Waals surface area contributed by atoms with Crippen molar-refractivity contribution in [2.45, 2.75) is 26.3 Å². The lowest BCUT2D eigenvalue weighted by atomic mass is 10.2. The van der Waals surface area contributed by atoms with E-state index in [2.05, 4.69) is 17.0 Å². The van der Waals surface area contributed by atoms with Gasteiger partial charge in [-0.2, -0.15) is 12.7 Å². The Labute approximate surface area is 92.4 Å². The summed E-state index contributed by atoms with van der Waals surface area (Å²) in [4.78, 5) is 0. The number of hydrogen-bond acceptors (Lipinski definition) is 3. The topological polar surface area (TPSA) is 61.4 Å². The van der Waals surface area contributed by atoms with Gasteiger partial charge in [-0.05, 0) is 26.3 Å². The summed E-state index contributed by atoms with van der Waals surface area (Å²) in [7, 11) is -1.44. The van der Waals surface area contributed by atoms with Crippen LogP contribution in [0.1, 0.15) is 20.3 Å². The fraction of sp³-hybridized carbons (Fsp3) is 1.00. The van der Waals surface area contributed by atoms with Crippen LogP contribution in [0.2, 0.25) is 0 Å². The predicted octanol–water partition coefficient (Wildman–Crippen LogP) is -0.229. The minimum Gasteiger partial charge on any atom is -0.316 e. The van der Waals surface area contributed by atoms with E-state index in [1.54, 1.807) is 0 Å². The average molecular weight is 235 g/mol. The minimum absolute atomic E-state index is 0.153. The summed E-state index contributed by atoms with van der Waals surface area (Å²) in [6.07, 6.45) is 0.961. The summed E-state index contributed by atoms with van der Waals surface area (Å²) in [5, 5.41) is 2.99. The van der Waals surface area contributed by atoms with E-state index in [4.69, 9.17) is 0 Å². The third-order valence-corrected chi connectivity index (χ3v) is 4.33. The van der Waals surface area contributed by atoms with E-state index in [-0.39, 0.29) is 6.04 Å². The van der Waals surface area contributed by atoms with E-state index < -0.39 is 10.2 Å². The molecule has 2 N–H and O–H groups in total. The molecule has 0 aromatic rings. The molecule has 0 spiro atoms. The van der Waals surface area contributed by atoms with Crippen molar-refractivity contribution in [2.24, 2.45) is 5.92 Å². The Kier molecular flexibility index (Phi) is 4.51. The van der Waals surface area contributed by atoms with Crippen molar-refractivity contribution >= 4 is 10.2 Å². The summed E-state index contributed by atoms with van der Waals surface area (Å²) < 4.78 is 27.7. The number of nitrogens with zero attached hydrogens (tertiary/aromatic N) is 1. The molecule has 0 aromatic heterocycles. The third-order valence-electron chi connectivity index (χ3n) is 2.79. The number of likely N-dealkylation sites (N-methyl/N-ethyl adjacent to an activating group) is 1. The van der Waals surface area contributed by atoms with Gasteiger partial charge in [-0.1, -0.05) is 6.92 Å². The molecule has 0 saturated carbocycles. The first-order chi connectivity index (χ1) is 6.95. The van der Waals surface area contributed by atoms with Crippen molar-refractivity contribution in [1.29, 1.82) is 0 Å². The Morgan fingerprint density at radius 2 is 2.20 bits per heavy atom. The molecule has 2 atom stereocenters. The minimum atomic E-state index is -3.25. The fourth-order valence-corrected chi connectivity index (χ4v) is 2.98. The lowest BCUT2D eigenvalue weighted by Gasteiger charge is -2.18. The zero-order valence-electron chi connectivity index (χ0n) is 9.66. The highest BCUT2D eigenvalue weighted by atomic mass is 32.2. The van der Waals surface area contributed by atoms with Crippen LogP contribution in [-0.4, -0.2) is 45.4 Å². The second kappa shape index (κ2) is 5.25. The van der Waals surface area contributed by atoms with E-state index in [1.807, 2.05) is 14.0 Å². The molecule has 2 unspecified atom stereocenters. The smallest absolute Gasteiger partial charge is 0.279 e. The second-order valence-corrected chi connectivity index (χ2v) is 6.05. The molecule has 1 aliphatic heterocycles. The van der Waals surface area contributed by atoms with Crippen molar-refractivity contribution in [3.63, 3.8) is 0 Å². The number of nitrogens with one attached hydrogen (secondary N) is 2. The molecule has 1 saturated heterocycles. The van der Waals surface area contributed by atoms with Crippen LogP contribution in [0.5, 0.6) is 0 Å². The van der Waals surface area contributed by atoms with Gasteiger partial charge in [0.25, 0.3) is 10.2 Å². The van der Waals surface area contributed by atoms with Gasteiger partial charge in [0, 0.05) is 25.7 Å². The van der Waals surface area contributed by atoms with Crippen molar-refractivity contribution in [3.05, 3.63) is 0 Å². The standard InChI is InChI=1S/C9H21N3O2S/c1-8-4-5-12(7-8)15(13,14)11-6-9(2)10-3/h8-11H,4-7H2,1-3H3. The van der Waals surface area contributed by atoms with Gasteiger partial charge < -0.3 is 5.32 Å². The number of hydrogen-bond donors (Lipinski definition) is 2. The zero-order valence-corrected chi connectivity index (χ0v) is 10.5. The summed E-state index contributed by atoms with van der Waals surface area (Å²) in [5.74, 6) is 0.475. The molecule has 6 heteroatoms. The van der Waals surface area contributed by atoms with Gasteiger partial charge in [0.1, 0.15) is 0 Å². The van der Waals surface area contributed by atoms with Crippen LogP contribution in [0.3, 0.4) is 0 Å². The van der Waals surface area contributed by atoms with E-state index in [1.165, 1.54) is 4.31 Å². The first-order valence-corrected chi connectivity index (χ1v) is 6.81. The molecular formula is C9H21N3O2S. The van der Waals surface area contributed by atoms with Crippen molar-refractivity contribution in [1.82, 2.24) is 14.3 Å². The van der Waals surface area contributed by atoms with Crippen molar-refractivity contribution < 1.29 is 8.42 Å². The molecule has 0 aliphatic carbocycles. The molecule has 5 nitrogen and oxygen atoms in total. The van der Waals surface area contributed by atoms with Gasteiger partial charge in [0.05, 0.1) is 0 Å². The lowest BCUT2D eigenvalue weighted by Crippen LogP contribution is -2.44. The second-order valence-electron chi connectivity index (χ2n) is 4.30. The number of rotatable bonds is 5. The maximum Gasteiger partial charge on any atom is 0.279 e. The average Bonchev–Trinajstić information content (AvgIpc) is 2.62. The first kappa shape index (κ1) is 12.9. The molecule has 0 aromatic carbocycles. The monoisotopic (exact) mass is 235 g/mol. The van der Waals surface area contributed by atoms with Crippen LogP contribution in [-0.2, 0) is 10.2 Å². The quantitative estimate of drug-likeness (QED) is 0.692. The van der Waals surface area contributed by atoms with Crippen LogP contribution in [0.4, 0.5) is 0 Å². The molecule has 15 heavy (non-hydrogen) atoms. The molecule has 90 valence electrons. The van der Waals surface area contributed by atoms with Crippen LogP contribution in [0.25, 0.3) is 0 Å². The molecule has 1 fully saturated rings. The summed E-state index contributed by atoms with van der Waals surface area (Å²) >= 11 is 0. The lowest BCUT2D eigenvalue weighted by molar-refractivity contribution is 0.448. The van der Waals surface area contributed by atoms with Crippen LogP contribution in [0.15, 0.2) is 0 Å². The van der Waals surface area contributed by atoms with Crippen LogP contribution >= 0.6 is 0 Å². The highest BCUT2D eigenvalue weighted by Gasteiger charge is 2.28. The highest BCUT2D eigenvalue weighted by Crippen LogP contribution is 2.17. The van der Waals surface area contributed by atoms with Gasteiger partial charge in [-0.25, -0.2) is 4.72 Å². The van der Waals surface area contributed by atoms with Crippen LogP contribution in [0, 0.1) is 5.92 Å². The van der Waals surface area contributed by atoms with E-state index in [0.29, 0.717) is 25.6 Å². The maximum atomic E-state index is 11.8. The van der Waals surface area contributed by atoms with Crippen LogP contribution < -0.4 is 10.0 Å². The molecular weight excluding hydrogens is 214 g/mol. The summed E-state index contributed by atoms with van der Waals surface area (Å²) in [5.41, 5.74) is 0. The third kappa shape index (κ3) is 3.71. The normalized spacial score (nSPS) is 25.7. The molecule has 0 bridgehead atoms. The van der Waals surface area contributed by atoms with Gasteiger partial charge in [-0.3, -0.25) is 0 Å². The molecule has 0 radical (unpaired) electrons. The SMILES string of the molecule is CNC(C)CNS(=O)(=O)N1CCC(C)C1. The van der Waals surface area contributed by atoms with Crippen molar-refractivity contribution in [3.8, 4) is 0 Å². The Morgan fingerprint density at radius 1 is 1.53 bits per heavy atom. The van der Waals surface area contributed by atoms with Gasteiger partial charge in [0.15, 0.2) is 0 Å². The Bertz CT molecular complexity index is 292. The first-order valence-electron chi connectivity index (χ1n) is 5.37. The molecule has 1 heterocycles. The molecule has 1 rings (SSSR count). The summed E-state index contributed by atoms with van der Waals surface area (Å²) in [6.45, 7) is 5.73. The van der Waals surface area contributed by atoms with Crippen molar-refractivity contribution in [2.75, 3.05) is 26.7 Å². The van der Waals surface area contributed by atoms with Gasteiger partial charge >= 0.3 is 0 Å². The Balaban J connectivity index is 2.45. The van der Waals surface area contributed by atoms with E-state index in [0.717, 1.165) is 6.42 Å². The predicted molar refractivity (Wildman–Crippen MR) is 60.8 cm³/mol. The maximum absolute atomic E-state index is 11.8.